The number of allylic oxidation sites excluding steroid dienone is 5. The predicted molar refractivity (Wildman–Crippen MR) is 90.4 cm³/mol. The first-order valence-corrected chi connectivity index (χ1v) is 9.17. The molecule has 120 valence electrons. The molecule has 1 fully saturated rings. The standard InChI is InChI=1S/C18H15N3O2S/c22-9-1-3-18-6-11(24-10(18)5-9)21-16-13(18)14-12-8(2-4-19-14)7-20-15(12)17(16)23/h1,3,5,7,11,14,19-21H,2,4,6H2/t11-,14?,18-/m0/s1. The van der Waals surface area contributed by atoms with E-state index in [0.717, 1.165) is 46.8 Å². The highest BCUT2D eigenvalue weighted by atomic mass is 32.2. The number of fused-ring (bicyclic) bond motifs is 2. The van der Waals surface area contributed by atoms with Gasteiger partial charge in [0.1, 0.15) is 0 Å². The monoisotopic (exact) mass is 337 g/mol. The number of hydrogen-bond donors (Lipinski definition) is 3. The van der Waals surface area contributed by atoms with Crippen molar-refractivity contribution in [2.24, 2.45) is 5.41 Å². The molecule has 1 unspecified atom stereocenters. The van der Waals surface area contributed by atoms with E-state index in [1.54, 1.807) is 23.9 Å². The zero-order valence-corrected chi connectivity index (χ0v) is 13.6. The number of Topliss-reactive ketones (excluding diaryl/α,β-unsaturated/α-hetero) is 1. The summed E-state index contributed by atoms with van der Waals surface area (Å²) in [6, 6.07) is 0.0381. The van der Waals surface area contributed by atoms with Crippen molar-refractivity contribution in [3.63, 3.8) is 0 Å². The third-order valence-corrected chi connectivity index (χ3v) is 7.16. The molecule has 0 amide bonds. The summed E-state index contributed by atoms with van der Waals surface area (Å²) in [4.78, 5) is 29.3. The van der Waals surface area contributed by atoms with Crippen LogP contribution in [0.15, 0.2) is 40.6 Å². The minimum atomic E-state index is -0.305. The van der Waals surface area contributed by atoms with E-state index in [9.17, 15) is 9.59 Å². The molecule has 1 spiro atoms. The van der Waals surface area contributed by atoms with Gasteiger partial charge in [0.05, 0.1) is 22.8 Å². The summed E-state index contributed by atoms with van der Waals surface area (Å²) in [6.07, 6.45) is 9.28. The Kier molecular flexibility index (Phi) is 2.28. The number of aromatic nitrogens is 1. The van der Waals surface area contributed by atoms with Gasteiger partial charge in [0.25, 0.3) is 0 Å². The Morgan fingerprint density at radius 1 is 1.29 bits per heavy atom. The van der Waals surface area contributed by atoms with E-state index >= 15 is 0 Å². The second-order valence-corrected chi connectivity index (χ2v) is 8.27. The summed E-state index contributed by atoms with van der Waals surface area (Å²) in [7, 11) is 0. The Balaban J connectivity index is 1.65. The average Bonchev–Trinajstić information content (AvgIpc) is 3.12. The van der Waals surface area contributed by atoms with Gasteiger partial charge < -0.3 is 15.6 Å². The zero-order chi connectivity index (χ0) is 16.1. The number of nitrogens with one attached hydrogen (secondary N) is 3. The molecule has 0 saturated carbocycles. The van der Waals surface area contributed by atoms with E-state index in [2.05, 4.69) is 15.6 Å². The third-order valence-electron chi connectivity index (χ3n) is 5.86. The molecule has 3 aliphatic heterocycles. The van der Waals surface area contributed by atoms with E-state index in [-0.39, 0.29) is 28.4 Å². The number of carbonyl (C=O) groups is 2. The van der Waals surface area contributed by atoms with Crippen molar-refractivity contribution in [2.45, 2.75) is 24.3 Å². The van der Waals surface area contributed by atoms with Crippen molar-refractivity contribution in [2.75, 3.05) is 6.54 Å². The van der Waals surface area contributed by atoms with Crippen LogP contribution in [0.25, 0.3) is 0 Å². The van der Waals surface area contributed by atoms with Crippen LogP contribution in [0, 0.1) is 5.41 Å². The fourth-order valence-electron chi connectivity index (χ4n) is 4.90. The molecule has 5 nitrogen and oxygen atoms in total. The molecule has 1 aromatic rings. The van der Waals surface area contributed by atoms with Gasteiger partial charge in [-0.2, -0.15) is 0 Å². The largest absolute Gasteiger partial charge is 0.370 e. The summed E-state index contributed by atoms with van der Waals surface area (Å²) >= 11 is 1.69. The molecule has 2 aliphatic carbocycles. The van der Waals surface area contributed by atoms with Crippen LogP contribution in [0.2, 0.25) is 0 Å². The van der Waals surface area contributed by atoms with Crippen LogP contribution >= 0.6 is 11.8 Å². The average molecular weight is 337 g/mol. The maximum Gasteiger partial charge on any atom is 0.225 e. The summed E-state index contributed by atoms with van der Waals surface area (Å²) < 4.78 is 0. The molecule has 6 heteroatoms. The number of hydrogen-bond acceptors (Lipinski definition) is 5. The van der Waals surface area contributed by atoms with Crippen LogP contribution in [0.1, 0.15) is 34.1 Å². The smallest absolute Gasteiger partial charge is 0.225 e. The summed E-state index contributed by atoms with van der Waals surface area (Å²) in [6.45, 7) is 0.897. The molecule has 1 saturated heterocycles. The van der Waals surface area contributed by atoms with Gasteiger partial charge in [0.15, 0.2) is 5.78 Å². The predicted octanol–water partition coefficient (Wildman–Crippen LogP) is 1.73. The quantitative estimate of drug-likeness (QED) is 0.672. The summed E-state index contributed by atoms with van der Waals surface area (Å²) in [5.41, 5.74) is 4.59. The Morgan fingerprint density at radius 2 is 2.21 bits per heavy atom. The maximum absolute atomic E-state index is 13.1. The first kappa shape index (κ1) is 13.3. The first-order valence-electron chi connectivity index (χ1n) is 8.29. The fourth-order valence-corrected chi connectivity index (χ4v) is 6.38. The minimum absolute atomic E-state index is 0.0381. The number of carbonyl (C=O) groups excluding carboxylic acids is 2. The van der Waals surface area contributed by atoms with Crippen molar-refractivity contribution in [3.05, 3.63) is 57.4 Å². The Hall–Kier alpha value is -2.05. The Bertz CT molecular complexity index is 938. The van der Waals surface area contributed by atoms with E-state index < -0.39 is 0 Å². The molecule has 4 heterocycles. The van der Waals surface area contributed by atoms with Crippen LogP contribution in [0.4, 0.5) is 0 Å². The Labute approximate surface area is 142 Å². The highest BCUT2D eigenvalue weighted by Crippen LogP contribution is 2.63. The van der Waals surface area contributed by atoms with Gasteiger partial charge in [-0.25, -0.2) is 0 Å². The normalized spacial score (nSPS) is 35.2. The number of H-pyrrole nitrogens is 1. The summed E-state index contributed by atoms with van der Waals surface area (Å²) in [5, 5.41) is 7.21. The minimum Gasteiger partial charge on any atom is -0.370 e. The van der Waals surface area contributed by atoms with Crippen molar-refractivity contribution in [1.29, 1.82) is 0 Å². The van der Waals surface area contributed by atoms with Gasteiger partial charge in [-0.05, 0) is 36.1 Å². The second-order valence-electron chi connectivity index (χ2n) is 7.03. The lowest BCUT2D eigenvalue weighted by molar-refractivity contribution is -0.110. The zero-order valence-electron chi connectivity index (χ0n) is 12.8. The highest BCUT2D eigenvalue weighted by Gasteiger charge is 2.56. The lowest BCUT2D eigenvalue weighted by atomic mass is 9.65. The van der Waals surface area contributed by atoms with E-state index in [0.29, 0.717) is 0 Å². The van der Waals surface area contributed by atoms with Crippen LogP contribution < -0.4 is 10.6 Å². The van der Waals surface area contributed by atoms with Gasteiger partial charge in [-0.3, -0.25) is 9.59 Å². The van der Waals surface area contributed by atoms with Crippen LogP contribution in [0.5, 0.6) is 0 Å². The van der Waals surface area contributed by atoms with Crippen molar-refractivity contribution in [1.82, 2.24) is 15.6 Å². The molecule has 24 heavy (non-hydrogen) atoms. The molecule has 1 aromatic heterocycles. The molecular formula is C18H15N3O2S. The van der Waals surface area contributed by atoms with E-state index in [1.165, 1.54) is 5.56 Å². The van der Waals surface area contributed by atoms with Crippen molar-refractivity contribution < 1.29 is 9.59 Å². The van der Waals surface area contributed by atoms with E-state index in [1.807, 2.05) is 12.3 Å². The third kappa shape index (κ3) is 1.38. The molecule has 3 N–H and O–H groups in total. The molecule has 0 aromatic carbocycles. The van der Waals surface area contributed by atoms with Crippen LogP contribution in [0.3, 0.4) is 0 Å². The fraction of sp³-hybridized carbons (Fsp3) is 0.333. The number of rotatable bonds is 0. The molecule has 3 atom stereocenters. The van der Waals surface area contributed by atoms with Gasteiger partial charge in [-0.15, -0.1) is 11.8 Å². The lowest BCUT2D eigenvalue weighted by Gasteiger charge is -2.44. The maximum atomic E-state index is 13.1. The molecule has 2 bridgehead atoms. The lowest BCUT2D eigenvalue weighted by Crippen LogP contribution is -2.47. The highest BCUT2D eigenvalue weighted by molar-refractivity contribution is 8.04. The van der Waals surface area contributed by atoms with Crippen LogP contribution in [-0.2, 0) is 11.2 Å². The number of aromatic amines is 1. The molecular weight excluding hydrogens is 322 g/mol. The first-order chi connectivity index (χ1) is 11.7. The summed E-state index contributed by atoms with van der Waals surface area (Å²) in [5.74, 6) is 0.0991. The SMILES string of the molecule is O=C1C=C[C@@]23C[C@@H](NC4=C2C2NCCc5c[nH]c(c52)C4=O)SC3=C1. The topological polar surface area (TPSA) is 74.0 Å². The van der Waals surface area contributed by atoms with Crippen molar-refractivity contribution in [3.8, 4) is 0 Å². The second kappa shape index (κ2) is 4.13. The number of thioether (sulfide) groups is 1. The molecule has 5 aliphatic rings. The van der Waals surface area contributed by atoms with Gasteiger partial charge in [-0.1, -0.05) is 6.08 Å². The van der Waals surface area contributed by atoms with Gasteiger partial charge >= 0.3 is 0 Å². The Morgan fingerprint density at radius 3 is 3.12 bits per heavy atom. The van der Waals surface area contributed by atoms with Gasteiger partial charge in [0, 0.05) is 28.6 Å². The van der Waals surface area contributed by atoms with Crippen LogP contribution in [-0.4, -0.2) is 28.5 Å². The molecule has 6 rings (SSSR count). The van der Waals surface area contributed by atoms with Gasteiger partial charge in [0.2, 0.25) is 5.78 Å². The number of ketones is 2. The van der Waals surface area contributed by atoms with E-state index in [4.69, 9.17) is 0 Å². The molecule has 0 radical (unpaired) electrons. The van der Waals surface area contributed by atoms with Crippen molar-refractivity contribution >= 4 is 23.3 Å².